The highest BCUT2D eigenvalue weighted by Gasteiger charge is 2.33. The molecule has 0 bridgehead atoms. The largest absolute Gasteiger partial charge is 0.478 e. The SMILES string of the molecule is O=C(O)c1c(F)c(F)c(F)c(F)c1C(=O)Nc1cccc(C(F)(F)F)c1. The van der Waals surface area contributed by atoms with E-state index in [2.05, 4.69) is 0 Å². The van der Waals surface area contributed by atoms with Crippen molar-refractivity contribution in [1.82, 2.24) is 0 Å². The van der Waals surface area contributed by atoms with Crippen molar-refractivity contribution < 1.29 is 45.4 Å². The van der Waals surface area contributed by atoms with Crippen LogP contribution in [-0.4, -0.2) is 17.0 Å². The summed E-state index contributed by atoms with van der Waals surface area (Å²) in [6.45, 7) is 0. The van der Waals surface area contributed by atoms with Crippen LogP contribution in [-0.2, 0) is 6.18 Å². The Morgan fingerprint density at radius 1 is 0.885 bits per heavy atom. The first-order valence-electron chi connectivity index (χ1n) is 6.53. The van der Waals surface area contributed by atoms with Gasteiger partial charge in [-0.05, 0) is 18.2 Å². The van der Waals surface area contributed by atoms with Crippen molar-refractivity contribution in [2.45, 2.75) is 6.18 Å². The lowest BCUT2D eigenvalue weighted by molar-refractivity contribution is -0.137. The number of aromatic carboxylic acids is 1. The van der Waals surface area contributed by atoms with Crippen molar-refractivity contribution >= 4 is 17.6 Å². The fraction of sp³-hybridized carbons (Fsp3) is 0.0667. The Hall–Kier alpha value is -3.11. The lowest BCUT2D eigenvalue weighted by Crippen LogP contribution is -2.22. The molecule has 138 valence electrons. The second kappa shape index (κ2) is 6.65. The zero-order valence-electron chi connectivity index (χ0n) is 12.2. The minimum Gasteiger partial charge on any atom is -0.478 e. The quantitative estimate of drug-likeness (QED) is 0.476. The van der Waals surface area contributed by atoms with Crippen molar-refractivity contribution in [1.29, 1.82) is 0 Å². The number of rotatable bonds is 3. The second-order valence-corrected chi connectivity index (χ2v) is 4.84. The zero-order valence-corrected chi connectivity index (χ0v) is 12.2. The summed E-state index contributed by atoms with van der Waals surface area (Å²) in [6.07, 6.45) is -4.79. The Morgan fingerprint density at radius 3 is 1.92 bits per heavy atom. The van der Waals surface area contributed by atoms with Crippen molar-refractivity contribution in [3.8, 4) is 0 Å². The number of alkyl halides is 3. The normalized spacial score (nSPS) is 11.3. The fourth-order valence-electron chi connectivity index (χ4n) is 2.01. The summed E-state index contributed by atoms with van der Waals surface area (Å²) >= 11 is 0. The van der Waals surface area contributed by atoms with Gasteiger partial charge in [0.2, 0.25) is 0 Å². The molecule has 0 heterocycles. The Bertz CT molecular complexity index is 909. The Morgan fingerprint density at radius 2 is 1.42 bits per heavy atom. The molecule has 0 spiro atoms. The highest BCUT2D eigenvalue weighted by Crippen LogP contribution is 2.31. The molecule has 0 aliphatic heterocycles. The van der Waals surface area contributed by atoms with Gasteiger partial charge in [-0.3, -0.25) is 4.79 Å². The minimum atomic E-state index is -4.79. The van der Waals surface area contributed by atoms with Crippen LogP contribution in [0, 0.1) is 23.3 Å². The molecule has 0 radical (unpaired) electrons. The first kappa shape index (κ1) is 19.2. The average molecular weight is 381 g/mol. The fourth-order valence-corrected chi connectivity index (χ4v) is 2.01. The van der Waals surface area contributed by atoms with E-state index in [-0.39, 0.29) is 0 Å². The number of carbonyl (C=O) groups excluding carboxylic acids is 1. The van der Waals surface area contributed by atoms with E-state index in [9.17, 15) is 40.3 Å². The number of carboxylic acid groups (broad SMARTS) is 1. The summed E-state index contributed by atoms with van der Waals surface area (Å²) in [4.78, 5) is 23.0. The molecule has 2 N–H and O–H groups in total. The van der Waals surface area contributed by atoms with Gasteiger partial charge in [0.05, 0.1) is 11.1 Å². The summed E-state index contributed by atoms with van der Waals surface area (Å²) in [5, 5.41) is 10.5. The van der Waals surface area contributed by atoms with E-state index in [0.29, 0.717) is 12.1 Å². The first-order chi connectivity index (χ1) is 11.9. The van der Waals surface area contributed by atoms with Crippen LogP contribution in [0.1, 0.15) is 26.3 Å². The van der Waals surface area contributed by atoms with Gasteiger partial charge in [0, 0.05) is 5.69 Å². The highest BCUT2D eigenvalue weighted by molar-refractivity contribution is 6.11. The number of benzene rings is 2. The lowest BCUT2D eigenvalue weighted by Gasteiger charge is -2.12. The average Bonchev–Trinajstić information content (AvgIpc) is 2.55. The van der Waals surface area contributed by atoms with Crippen LogP contribution >= 0.6 is 0 Å². The highest BCUT2D eigenvalue weighted by atomic mass is 19.4. The summed E-state index contributed by atoms with van der Waals surface area (Å²) in [6, 6.07) is 2.88. The molecular formula is C15H6F7NO3. The van der Waals surface area contributed by atoms with Crippen molar-refractivity contribution in [3.05, 3.63) is 64.2 Å². The molecule has 4 nitrogen and oxygen atoms in total. The van der Waals surface area contributed by atoms with Crippen molar-refractivity contribution in [2.24, 2.45) is 0 Å². The van der Waals surface area contributed by atoms with E-state index < -0.39 is 63.7 Å². The first-order valence-corrected chi connectivity index (χ1v) is 6.53. The van der Waals surface area contributed by atoms with E-state index in [1.54, 1.807) is 5.32 Å². The molecule has 26 heavy (non-hydrogen) atoms. The molecule has 0 saturated carbocycles. The maximum atomic E-state index is 13.8. The maximum Gasteiger partial charge on any atom is 0.416 e. The topological polar surface area (TPSA) is 66.4 Å². The molecule has 11 heteroatoms. The van der Waals surface area contributed by atoms with Crippen LogP contribution < -0.4 is 5.32 Å². The van der Waals surface area contributed by atoms with Crippen molar-refractivity contribution in [2.75, 3.05) is 5.32 Å². The standard InChI is InChI=1S/C15H6F7NO3/c16-9-7(8(14(25)26)10(17)12(19)11(9)18)13(24)23-6-3-1-2-5(4-6)15(20,21)22/h1-4H,(H,23,24)(H,25,26). The lowest BCUT2D eigenvalue weighted by atomic mass is 10.0. The third kappa shape index (κ3) is 3.46. The van der Waals surface area contributed by atoms with Crippen LogP contribution in [0.2, 0.25) is 0 Å². The summed E-state index contributed by atoms with van der Waals surface area (Å²) in [5.41, 5.74) is -5.27. The van der Waals surface area contributed by atoms with Gasteiger partial charge in [-0.2, -0.15) is 13.2 Å². The third-order valence-electron chi connectivity index (χ3n) is 3.16. The smallest absolute Gasteiger partial charge is 0.416 e. The Balaban J connectivity index is 2.53. The molecule has 0 aromatic heterocycles. The molecule has 2 aromatic rings. The van der Waals surface area contributed by atoms with Crippen molar-refractivity contribution in [3.63, 3.8) is 0 Å². The molecule has 0 aliphatic rings. The van der Waals surface area contributed by atoms with Gasteiger partial charge in [0.25, 0.3) is 5.91 Å². The molecule has 0 unspecified atom stereocenters. The predicted octanol–water partition coefficient (Wildman–Crippen LogP) is 4.21. The predicted molar refractivity (Wildman–Crippen MR) is 72.6 cm³/mol. The van der Waals surface area contributed by atoms with Crippen LogP contribution in [0.25, 0.3) is 0 Å². The van der Waals surface area contributed by atoms with Gasteiger partial charge in [-0.15, -0.1) is 0 Å². The second-order valence-electron chi connectivity index (χ2n) is 4.84. The number of hydrogen-bond acceptors (Lipinski definition) is 2. The van der Waals surface area contributed by atoms with Gasteiger partial charge < -0.3 is 10.4 Å². The van der Waals surface area contributed by atoms with E-state index >= 15 is 0 Å². The van der Waals surface area contributed by atoms with Crippen LogP contribution in [0.5, 0.6) is 0 Å². The number of carboxylic acids is 1. The van der Waals surface area contributed by atoms with Crippen LogP contribution in [0.15, 0.2) is 24.3 Å². The van der Waals surface area contributed by atoms with E-state index in [1.807, 2.05) is 0 Å². The number of hydrogen-bond donors (Lipinski definition) is 2. The number of nitrogens with one attached hydrogen (secondary N) is 1. The number of carbonyl (C=O) groups is 2. The summed E-state index contributed by atoms with van der Waals surface area (Å²) in [5.74, 6) is -13.6. The molecule has 1 amide bonds. The molecule has 2 rings (SSSR count). The Kier molecular flexibility index (Phi) is 4.92. The van der Waals surface area contributed by atoms with E-state index in [0.717, 1.165) is 12.1 Å². The molecule has 0 atom stereocenters. The zero-order chi connectivity index (χ0) is 19.8. The number of anilines is 1. The van der Waals surface area contributed by atoms with Crippen LogP contribution in [0.4, 0.5) is 36.4 Å². The van der Waals surface area contributed by atoms with Gasteiger partial charge in [0.15, 0.2) is 23.3 Å². The summed E-state index contributed by atoms with van der Waals surface area (Å²) in [7, 11) is 0. The Labute approximate surface area is 139 Å². The van der Waals surface area contributed by atoms with Crippen LogP contribution in [0.3, 0.4) is 0 Å². The summed E-state index contributed by atoms with van der Waals surface area (Å²) < 4.78 is 91.7. The third-order valence-corrected chi connectivity index (χ3v) is 3.16. The number of amides is 1. The van der Waals surface area contributed by atoms with E-state index in [4.69, 9.17) is 5.11 Å². The minimum absolute atomic E-state index is 0.423. The molecule has 0 aliphatic carbocycles. The van der Waals surface area contributed by atoms with Gasteiger partial charge in [-0.25, -0.2) is 22.4 Å². The number of halogens is 7. The van der Waals surface area contributed by atoms with Gasteiger partial charge in [-0.1, -0.05) is 6.07 Å². The van der Waals surface area contributed by atoms with E-state index in [1.165, 1.54) is 0 Å². The monoisotopic (exact) mass is 381 g/mol. The molecule has 0 saturated heterocycles. The molecular weight excluding hydrogens is 375 g/mol. The maximum absolute atomic E-state index is 13.8. The van der Waals surface area contributed by atoms with Gasteiger partial charge >= 0.3 is 12.1 Å². The van der Waals surface area contributed by atoms with Gasteiger partial charge in [0.1, 0.15) is 5.56 Å². The molecule has 0 fully saturated rings. The molecule has 2 aromatic carbocycles.